The van der Waals surface area contributed by atoms with E-state index in [1.165, 1.54) is 12.2 Å². The van der Waals surface area contributed by atoms with Crippen LogP contribution in [0.5, 0.6) is 0 Å². The first-order valence-corrected chi connectivity index (χ1v) is 17.0. The molecule has 0 radical (unpaired) electrons. The van der Waals surface area contributed by atoms with Crippen LogP contribution < -0.4 is 10.6 Å². The summed E-state index contributed by atoms with van der Waals surface area (Å²) in [7, 11) is 0. The molecule has 244 valence electrons. The number of carbonyl (C=O) groups excluding carboxylic acids is 2. The molecule has 0 saturated heterocycles. The van der Waals surface area contributed by atoms with Gasteiger partial charge in [-0.25, -0.2) is 9.59 Å². The zero-order valence-corrected chi connectivity index (χ0v) is 27.8. The van der Waals surface area contributed by atoms with Crippen LogP contribution >= 0.6 is 0 Å². The van der Waals surface area contributed by atoms with Crippen molar-refractivity contribution >= 4 is 33.5 Å². The summed E-state index contributed by atoms with van der Waals surface area (Å²) in [5.41, 5.74) is 1.84. The average Bonchev–Trinajstić information content (AvgIpc) is 3.08. The van der Waals surface area contributed by atoms with Gasteiger partial charge in [-0.05, 0) is 83.6 Å². The van der Waals surface area contributed by atoms with Gasteiger partial charge < -0.3 is 20.1 Å². The van der Waals surface area contributed by atoms with Crippen LogP contribution in [0, 0.1) is 0 Å². The van der Waals surface area contributed by atoms with E-state index in [0.29, 0.717) is 0 Å². The Labute approximate surface area is 274 Å². The molecule has 0 heterocycles. The molecule has 0 bridgehead atoms. The van der Waals surface area contributed by atoms with E-state index in [1.807, 2.05) is 36.4 Å². The molecule has 0 saturated carbocycles. The number of nitrogens with one attached hydrogen (secondary N) is 2. The molecule has 0 fully saturated rings. The molecule has 6 nitrogen and oxygen atoms in total. The maximum absolute atomic E-state index is 13.3. The fraction of sp³-hybridized carbons (Fsp3) is 0.400. The summed E-state index contributed by atoms with van der Waals surface area (Å²) in [6.07, 6.45) is 6.86. The molecule has 4 aromatic rings. The normalized spacial score (nSPS) is 14.3. The molecule has 0 amide bonds. The predicted octanol–water partition coefficient (Wildman–Crippen LogP) is 8.75. The van der Waals surface area contributed by atoms with Crippen LogP contribution in [0.1, 0.15) is 89.6 Å². The summed E-state index contributed by atoms with van der Waals surface area (Å²) in [5.74, 6) is -1.16. The van der Waals surface area contributed by atoms with Gasteiger partial charge in [-0.1, -0.05) is 113 Å². The molecule has 0 aromatic heterocycles. The molecule has 4 rings (SSSR count). The Bertz CT molecular complexity index is 1460. The van der Waals surface area contributed by atoms with Gasteiger partial charge in [0.1, 0.15) is 12.2 Å². The molecular weight excluding hydrogens is 572 g/mol. The Morgan fingerprint density at radius 1 is 0.565 bits per heavy atom. The Balaban J connectivity index is 1.55. The van der Waals surface area contributed by atoms with Gasteiger partial charge in [-0.2, -0.15) is 0 Å². The summed E-state index contributed by atoms with van der Waals surface area (Å²) in [5, 5.41) is 11.6. The van der Waals surface area contributed by atoms with Gasteiger partial charge in [0.05, 0.1) is 0 Å². The molecule has 4 atom stereocenters. The third kappa shape index (κ3) is 9.75. The van der Waals surface area contributed by atoms with E-state index in [1.54, 1.807) is 0 Å². The summed E-state index contributed by atoms with van der Waals surface area (Å²) < 4.78 is 12.2. The number of hydrogen-bond donors (Lipinski definition) is 2. The van der Waals surface area contributed by atoms with E-state index in [4.69, 9.17) is 9.47 Å². The lowest BCUT2D eigenvalue weighted by Gasteiger charge is -2.28. The third-order valence-electron chi connectivity index (χ3n) is 8.29. The van der Waals surface area contributed by atoms with Crippen molar-refractivity contribution in [1.29, 1.82) is 0 Å². The molecule has 0 spiro atoms. The van der Waals surface area contributed by atoms with Gasteiger partial charge in [0, 0.05) is 24.2 Å². The number of rotatable bonds is 18. The Morgan fingerprint density at radius 3 is 1.33 bits per heavy atom. The maximum atomic E-state index is 13.3. The number of ether oxygens (including phenoxy) is 2. The lowest BCUT2D eigenvalue weighted by molar-refractivity contribution is -0.148. The van der Waals surface area contributed by atoms with Crippen LogP contribution in [0.4, 0.5) is 0 Å². The van der Waals surface area contributed by atoms with Crippen molar-refractivity contribution in [3.63, 3.8) is 0 Å². The van der Waals surface area contributed by atoms with Gasteiger partial charge in [0.25, 0.3) is 0 Å². The number of benzene rings is 4. The van der Waals surface area contributed by atoms with E-state index >= 15 is 0 Å². The second-order valence-electron chi connectivity index (χ2n) is 12.0. The Hall–Kier alpha value is -4.00. The van der Waals surface area contributed by atoms with Crippen molar-refractivity contribution in [2.75, 3.05) is 13.1 Å². The minimum atomic E-state index is -0.578. The lowest BCUT2D eigenvalue weighted by Crippen LogP contribution is -2.37. The fourth-order valence-electron chi connectivity index (χ4n) is 6.00. The van der Waals surface area contributed by atoms with Crippen LogP contribution in [-0.4, -0.2) is 37.1 Å². The molecular formula is C40H50N2O4. The molecule has 4 unspecified atom stereocenters. The van der Waals surface area contributed by atoms with E-state index in [-0.39, 0.29) is 12.1 Å². The average molecular weight is 623 g/mol. The fourth-order valence-corrected chi connectivity index (χ4v) is 6.00. The molecule has 2 N–H and O–H groups in total. The molecule has 0 aliphatic rings. The lowest BCUT2D eigenvalue weighted by atomic mass is 9.96. The van der Waals surface area contributed by atoms with Crippen LogP contribution in [0.15, 0.2) is 97.1 Å². The SMILES string of the molecule is CCCNC(CCC)C(OC(=O)/C=C\C(=O)OC(c1ccc2ccccc2c1)C(CCC)NCCC)c1ccc2ccccc2c1. The van der Waals surface area contributed by atoms with Crippen LogP contribution in [-0.2, 0) is 19.1 Å². The topological polar surface area (TPSA) is 76.7 Å². The smallest absolute Gasteiger partial charge is 0.331 e. The highest BCUT2D eigenvalue weighted by atomic mass is 16.6. The molecule has 46 heavy (non-hydrogen) atoms. The van der Waals surface area contributed by atoms with E-state index < -0.39 is 24.1 Å². The van der Waals surface area contributed by atoms with Crippen molar-refractivity contribution in [3.8, 4) is 0 Å². The third-order valence-corrected chi connectivity index (χ3v) is 8.29. The number of esters is 2. The second-order valence-corrected chi connectivity index (χ2v) is 12.0. The summed E-state index contributed by atoms with van der Waals surface area (Å²) in [4.78, 5) is 26.6. The minimum absolute atomic E-state index is 0.0628. The predicted molar refractivity (Wildman–Crippen MR) is 189 cm³/mol. The van der Waals surface area contributed by atoms with Crippen molar-refractivity contribution in [2.24, 2.45) is 0 Å². The van der Waals surface area contributed by atoms with Crippen molar-refractivity contribution in [1.82, 2.24) is 10.6 Å². The summed E-state index contributed by atoms with van der Waals surface area (Å²) in [6.45, 7) is 10.1. The van der Waals surface area contributed by atoms with Gasteiger partial charge in [-0.3, -0.25) is 0 Å². The van der Waals surface area contributed by atoms with E-state index in [0.717, 1.165) is 84.3 Å². The van der Waals surface area contributed by atoms with Gasteiger partial charge in [-0.15, -0.1) is 0 Å². The number of carbonyl (C=O) groups is 2. The Kier molecular flexibility index (Phi) is 13.8. The van der Waals surface area contributed by atoms with Crippen LogP contribution in [0.3, 0.4) is 0 Å². The van der Waals surface area contributed by atoms with Gasteiger partial charge in [0.2, 0.25) is 0 Å². The minimum Gasteiger partial charge on any atom is -0.453 e. The second kappa shape index (κ2) is 18.2. The summed E-state index contributed by atoms with van der Waals surface area (Å²) >= 11 is 0. The first-order chi connectivity index (χ1) is 22.5. The summed E-state index contributed by atoms with van der Waals surface area (Å²) in [6, 6.07) is 28.6. The first-order valence-electron chi connectivity index (χ1n) is 17.0. The van der Waals surface area contributed by atoms with E-state index in [9.17, 15) is 9.59 Å². The monoisotopic (exact) mass is 622 g/mol. The first kappa shape index (κ1) is 34.9. The zero-order valence-electron chi connectivity index (χ0n) is 27.8. The number of hydrogen-bond acceptors (Lipinski definition) is 6. The van der Waals surface area contributed by atoms with Crippen molar-refractivity contribution in [3.05, 3.63) is 108 Å². The standard InChI is InChI=1S/C40H50N2O4/c1-5-13-35(41-25-7-3)39(33-21-19-29-15-9-11-17-31(29)27-33)45-37(43)23-24-38(44)46-40(36(14-6-2)42-26-8-4)34-22-20-30-16-10-12-18-32(30)28-34/h9-12,15-24,27-28,35-36,39-42H,5-8,13-14,25-26H2,1-4H3/b24-23-. The highest BCUT2D eigenvalue weighted by Crippen LogP contribution is 2.30. The zero-order chi connectivity index (χ0) is 32.7. The van der Waals surface area contributed by atoms with Crippen LogP contribution in [0.2, 0.25) is 0 Å². The van der Waals surface area contributed by atoms with Crippen LogP contribution in [0.25, 0.3) is 21.5 Å². The van der Waals surface area contributed by atoms with Crippen molar-refractivity contribution < 1.29 is 19.1 Å². The molecule has 0 aliphatic heterocycles. The quantitative estimate of drug-likeness (QED) is 0.0854. The van der Waals surface area contributed by atoms with Gasteiger partial charge in [0.15, 0.2) is 0 Å². The highest BCUT2D eigenvalue weighted by molar-refractivity contribution is 5.92. The Morgan fingerprint density at radius 2 is 0.957 bits per heavy atom. The largest absolute Gasteiger partial charge is 0.453 e. The molecule has 0 aliphatic carbocycles. The molecule has 4 aromatic carbocycles. The van der Waals surface area contributed by atoms with E-state index in [2.05, 4.69) is 86.9 Å². The number of fused-ring (bicyclic) bond motifs is 2. The van der Waals surface area contributed by atoms with Gasteiger partial charge >= 0.3 is 11.9 Å². The molecule has 6 heteroatoms. The van der Waals surface area contributed by atoms with Crippen molar-refractivity contribution in [2.45, 2.75) is 90.5 Å². The maximum Gasteiger partial charge on any atom is 0.331 e. The highest BCUT2D eigenvalue weighted by Gasteiger charge is 2.28.